The molecule has 98 valence electrons. The van der Waals surface area contributed by atoms with E-state index >= 15 is 0 Å². The zero-order chi connectivity index (χ0) is 12.8. The lowest BCUT2D eigenvalue weighted by Gasteiger charge is -2.21. The number of pyridine rings is 1. The van der Waals surface area contributed by atoms with Crippen LogP contribution in [0.4, 0.5) is 0 Å². The van der Waals surface area contributed by atoms with Crippen LogP contribution >= 0.6 is 0 Å². The van der Waals surface area contributed by atoms with Crippen molar-refractivity contribution < 1.29 is 14.7 Å². The molecule has 1 aromatic rings. The molecule has 1 aliphatic heterocycles. The molecule has 0 radical (unpaired) electrons. The molecule has 0 aliphatic carbocycles. The summed E-state index contributed by atoms with van der Waals surface area (Å²) >= 11 is 0. The Kier molecular flexibility index (Phi) is 4.35. The highest BCUT2D eigenvalue weighted by molar-refractivity contribution is 5.97. The third-order valence-corrected chi connectivity index (χ3v) is 2.95. The molecule has 2 heterocycles. The predicted molar refractivity (Wildman–Crippen MR) is 65.8 cm³/mol. The van der Waals surface area contributed by atoms with Gasteiger partial charge in [-0.05, 0) is 24.8 Å². The SMILES string of the molecule is NC(=NO)c1ccnc(OCC2CCOCC2)c1. The van der Waals surface area contributed by atoms with E-state index in [-0.39, 0.29) is 5.84 Å². The summed E-state index contributed by atoms with van der Waals surface area (Å²) < 4.78 is 10.9. The van der Waals surface area contributed by atoms with Gasteiger partial charge in [0.15, 0.2) is 5.84 Å². The minimum atomic E-state index is 0.0494. The second kappa shape index (κ2) is 6.20. The molecule has 1 saturated heterocycles. The molecule has 18 heavy (non-hydrogen) atoms. The van der Waals surface area contributed by atoms with E-state index in [4.69, 9.17) is 20.4 Å². The number of hydrogen-bond donors (Lipinski definition) is 2. The molecular weight excluding hydrogens is 234 g/mol. The van der Waals surface area contributed by atoms with Crippen LogP contribution in [-0.4, -0.2) is 35.8 Å². The zero-order valence-corrected chi connectivity index (χ0v) is 10.1. The van der Waals surface area contributed by atoms with Gasteiger partial charge in [0.1, 0.15) is 0 Å². The Morgan fingerprint density at radius 3 is 3.06 bits per heavy atom. The Labute approximate surface area is 105 Å². The van der Waals surface area contributed by atoms with Gasteiger partial charge in [0, 0.05) is 31.0 Å². The van der Waals surface area contributed by atoms with Crippen LogP contribution in [0, 0.1) is 5.92 Å². The maximum atomic E-state index is 8.60. The summed E-state index contributed by atoms with van der Waals surface area (Å²) in [5.74, 6) is 1.05. The third kappa shape index (κ3) is 3.33. The summed E-state index contributed by atoms with van der Waals surface area (Å²) in [4.78, 5) is 4.09. The number of oxime groups is 1. The third-order valence-electron chi connectivity index (χ3n) is 2.95. The molecule has 2 rings (SSSR count). The number of nitrogens with zero attached hydrogens (tertiary/aromatic N) is 2. The van der Waals surface area contributed by atoms with Crippen LogP contribution in [0.3, 0.4) is 0 Å². The fourth-order valence-corrected chi connectivity index (χ4v) is 1.82. The van der Waals surface area contributed by atoms with E-state index in [0.29, 0.717) is 24.0 Å². The second-order valence-corrected chi connectivity index (χ2v) is 4.23. The highest BCUT2D eigenvalue weighted by atomic mass is 16.5. The standard InChI is InChI=1S/C12H17N3O3/c13-12(15-16)10-1-4-14-11(7-10)18-8-9-2-5-17-6-3-9/h1,4,7,9,16H,2-3,5-6,8H2,(H2,13,15). The smallest absolute Gasteiger partial charge is 0.213 e. The van der Waals surface area contributed by atoms with Gasteiger partial charge in [0.05, 0.1) is 6.61 Å². The summed E-state index contributed by atoms with van der Waals surface area (Å²) in [7, 11) is 0. The van der Waals surface area contributed by atoms with E-state index in [2.05, 4.69) is 10.1 Å². The Bertz CT molecular complexity index is 417. The monoisotopic (exact) mass is 251 g/mol. The maximum Gasteiger partial charge on any atom is 0.213 e. The molecule has 1 aromatic heterocycles. The first kappa shape index (κ1) is 12.6. The summed E-state index contributed by atoms with van der Waals surface area (Å²) in [5.41, 5.74) is 6.09. The van der Waals surface area contributed by atoms with Gasteiger partial charge in [0.2, 0.25) is 5.88 Å². The van der Waals surface area contributed by atoms with Crippen LogP contribution < -0.4 is 10.5 Å². The van der Waals surface area contributed by atoms with Crippen molar-refractivity contribution in [1.29, 1.82) is 0 Å². The molecule has 6 nitrogen and oxygen atoms in total. The number of rotatable bonds is 4. The Balaban J connectivity index is 1.92. The average molecular weight is 251 g/mol. The van der Waals surface area contributed by atoms with Crippen LogP contribution in [0.5, 0.6) is 5.88 Å². The van der Waals surface area contributed by atoms with Gasteiger partial charge < -0.3 is 20.4 Å². The van der Waals surface area contributed by atoms with Gasteiger partial charge in [0.25, 0.3) is 0 Å². The number of ether oxygens (including phenoxy) is 2. The van der Waals surface area contributed by atoms with Crippen molar-refractivity contribution in [1.82, 2.24) is 4.98 Å². The van der Waals surface area contributed by atoms with Crippen molar-refractivity contribution in [2.45, 2.75) is 12.8 Å². The fourth-order valence-electron chi connectivity index (χ4n) is 1.82. The van der Waals surface area contributed by atoms with E-state index in [9.17, 15) is 0 Å². The summed E-state index contributed by atoms with van der Waals surface area (Å²) in [5, 5.41) is 11.5. The van der Waals surface area contributed by atoms with Crippen molar-refractivity contribution >= 4 is 5.84 Å². The molecular formula is C12H17N3O3. The molecule has 1 aliphatic rings. The molecule has 0 bridgehead atoms. The molecule has 0 amide bonds. The molecule has 0 spiro atoms. The quantitative estimate of drug-likeness (QED) is 0.360. The molecule has 0 unspecified atom stereocenters. The first-order valence-corrected chi connectivity index (χ1v) is 5.94. The van der Waals surface area contributed by atoms with E-state index in [1.165, 1.54) is 0 Å². The van der Waals surface area contributed by atoms with Gasteiger partial charge in [-0.15, -0.1) is 0 Å². The first-order chi connectivity index (χ1) is 8.79. The summed E-state index contributed by atoms with van der Waals surface area (Å²) in [6, 6.07) is 3.32. The fraction of sp³-hybridized carbons (Fsp3) is 0.500. The Morgan fingerprint density at radius 1 is 1.56 bits per heavy atom. The van der Waals surface area contributed by atoms with Gasteiger partial charge in [-0.3, -0.25) is 0 Å². The topological polar surface area (TPSA) is 90.0 Å². The van der Waals surface area contributed by atoms with Crippen LogP contribution in [0.2, 0.25) is 0 Å². The Morgan fingerprint density at radius 2 is 2.33 bits per heavy atom. The lowest BCUT2D eigenvalue weighted by Crippen LogP contribution is -2.21. The van der Waals surface area contributed by atoms with Gasteiger partial charge in [-0.25, -0.2) is 4.98 Å². The minimum Gasteiger partial charge on any atom is -0.477 e. The number of hydrogen-bond acceptors (Lipinski definition) is 5. The van der Waals surface area contributed by atoms with Gasteiger partial charge in [-0.2, -0.15) is 0 Å². The number of amidine groups is 1. The lowest BCUT2D eigenvalue weighted by atomic mass is 10.0. The van der Waals surface area contributed by atoms with Crippen molar-refractivity contribution in [3.8, 4) is 5.88 Å². The maximum absolute atomic E-state index is 8.60. The molecule has 1 fully saturated rings. The van der Waals surface area contributed by atoms with Crippen molar-refractivity contribution in [3.63, 3.8) is 0 Å². The number of nitrogens with two attached hydrogens (primary N) is 1. The molecule has 0 aromatic carbocycles. The van der Waals surface area contributed by atoms with Gasteiger partial charge >= 0.3 is 0 Å². The number of aromatic nitrogens is 1. The molecule has 6 heteroatoms. The Hall–Kier alpha value is -1.82. The predicted octanol–water partition coefficient (Wildman–Crippen LogP) is 0.981. The summed E-state index contributed by atoms with van der Waals surface area (Å²) in [6.45, 7) is 2.22. The zero-order valence-electron chi connectivity index (χ0n) is 10.1. The highest BCUT2D eigenvalue weighted by Gasteiger charge is 2.14. The van der Waals surface area contributed by atoms with Crippen LogP contribution in [-0.2, 0) is 4.74 Å². The van der Waals surface area contributed by atoms with Crippen LogP contribution in [0.1, 0.15) is 18.4 Å². The van der Waals surface area contributed by atoms with E-state index in [1.807, 2.05) is 0 Å². The molecule has 0 atom stereocenters. The molecule has 0 saturated carbocycles. The van der Waals surface area contributed by atoms with Crippen LogP contribution in [0.15, 0.2) is 23.5 Å². The van der Waals surface area contributed by atoms with E-state index in [0.717, 1.165) is 26.1 Å². The van der Waals surface area contributed by atoms with Crippen LogP contribution in [0.25, 0.3) is 0 Å². The van der Waals surface area contributed by atoms with Gasteiger partial charge in [-0.1, -0.05) is 5.16 Å². The molecule has 3 N–H and O–H groups in total. The van der Waals surface area contributed by atoms with E-state index < -0.39 is 0 Å². The van der Waals surface area contributed by atoms with E-state index in [1.54, 1.807) is 18.3 Å². The van der Waals surface area contributed by atoms with Crippen molar-refractivity contribution in [3.05, 3.63) is 23.9 Å². The second-order valence-electron chi connectivity index (χ2n) is 4.23. The highest BCUT2D eigenvalue weighted by Crippen LogP contribution is 2.17. The largest absolute Gasteiger partial charge is 0.477 e. The lowest BCUT2D eigenvalue weighted by molar-refractivity contribution is 0.0490. The summed E-state index contributed by atoms with van der Waals surface area (Å²) in [6.07, 6.45) is 3.60. The normalized spacial score (nSPS) is 17.7. The van der Waals surface area contributed by atoms with Crippen molar-refractivity contribution in [2.75, 3.05) is 19.8 Å². The average Bonchev–Trinajstić information content (AvgIpc) is 2.45. The minimum absolute atomic E-state index is 0.0494. The van der Waals surface area contributed by atoms with Crippen molar-refractivity contribution in [2.24, 2.45) is 16.8 Å². The first-order valence-electron chi connectivity index (χ1n) is 5.94.